The summed E-state index contributed by atoms with van der Waals surface area (Å²) in [6.07, 6.45) is 2.48. The molecule has 0 saturated carbocycles. The Kier molecular flexibility index (Phi) is 7.79. The maximum absolute atomic E-state index is 12.3. The quantitative estimate of drug-likeness (QED) is 0.539. The number of likely N-dealkylation sites (N-methyl/N-ethyl adjacent to an activating group) is 1. The van der Waals surface area contributed by atoms with Crippen LogP contribution in [0.3, 0.4) is 0 Å². The normalized spacial score (nSPS) is 11.5. The van der Waals surface area contributed by atoms with E-state index in [0.29, 0.717) is 25.0 Å². The van der Waals surface area contributed by atoms with Crippen LogP contribution < -0.4 is 10.6 Å². The van der Waals surface area contributed by atoms with Crippen molar-refractivity contribution in [2.75, 3.05) is 27.2 Å². The first-order valence-corrected chi connectivity index (χ1v) is 9.03. The number of rotatable bonds is 8. The average molecular weight is 372 g/mol. The average Bonchev–Trinajstić information content (AvgIpc) is 3.16. The van der Waals surface area contributed by atoms with E-state index in [4.69, 9.17) is 4.52 Å². The van der Waals surface area contributed by atoms with Crippen LogP contribution in [0.25, 0.3) is 0 Å². The van der Waals surface area contributed by atoms with E-state index < -0.39 is 0 Å². The molecule has 0 unspecified atom stereocenters. The number of carbonyl (C=O) groups is 1. The molecular weight excluding hydrogens is 344 g/mol. The molecule has 2 aromatic heterocycles. The van der Waals surface area contributed by atoms with Gasteiger partial charge in [0.05, 0.1) is 18.8 Å². The number of aliphatic imine (C=N–C) groups is 1. The number of nitrogens with zero attached hydrogens (tertiary/aromatic N) is 4. The van der Waals surface area contributed by atoms with E-state index in [1.54, 1.807) is 25.2 Å². The molecule has 8 nitrogen and oxygen atoms in total. The van der Waals surface area contributed by atoms with Crippen molar-refractivity contribution in [1.82, 2.24) is 25.7 Å². The van der Waals surface area contributed by atoms with Crippen molar-refractivity contribution >= 4 is 11.9 Å². The van der Waals surface area contributed by atoms with Crippen LogP contribution in [0.4, 0.5) is 0 Å². The molecule has 0 radical (unpaired) electrons. The lowest BCUT2D eigenvalue weighted by molar-refractivity contribution is -0.128. The minimum absolute atomic E-state index is 0.0179. The monoisotopic (exact) mass is 372 g/mol. The summed E-state index contributed by atoms with van der Waals surface area (Å²) in [5.41, 5.74) is 1.88. The van der Waals surface area contributed by atoms with Gasteiger partial charge >= 0.3 is 0 Å². The Morgan fingerprint density at radius 1 is 1.33 bits per heavy atom. The standard InChI is InChI=1S/C19H28N6O2/c1-14(2)17-11-16(27-24-17)12-22-19(20-3)23-13-18(26)25(4)10-8-15-7-5-6-9-21-15/h5-7,9,11,14H,8,10,12-13H2,1-4H3,(H2,20,22,23). The Morgan fingerprint density at radius 3 is 2.78 bits per heavy atom. The third-order valence-electron chi connectivity index (χ3n) is 4.08. The van der Waals surface area contributed by atoms with Crippen molar-refractivity contribution in [3.63, 3.8) is 0 Å². The summed E-state index contributed by atoms with van der Waals surface area (Å²) in [5.74, 6) is 1.55. The molecular formula is C19H28N6O2. The molecule has 8 heteroatoms. The molecule has 27 heavy (non-hydrogen) atoms. The zero-order valence-electron chi connectivity index (χ0n) is 16.4. The zero-order valence-corrected chi connectivity index (χ0v) is 16.4. The van der Waals surface area contributed by atoms with Crippen LogP contribution >= 0.6 is 0 Å². The van der Waals surface area contributed by atoms with Gasteiger partial charge in [0, 0.05) is 45.0 Å². The summed E-state index contributed by atoms with van der Waals surface area (Å²) in [7, 11) is 3.44. The molecule has 2 rings (SSSR count). The number of guanidine groups is 1. The predicted molar refractivity (Wildman–Crippen MR) is 104 cm³/mol. The minimum atomic E-state index is -0.0179. The highest BCUT2D eigenvalue weighted by Gasteiger charge is 2.11. The highest BCUT2D eigenvalue weighted by molar-refractivity contribution is 5.86. The van der Waals surface area contributed by atoms with Crippen molar-refractivity contribution in [2.45, 2.75) is 32.7 Å². The second kappa shape index (κ2) is 10.3. The Balaban J connectivity index is 1.73. The lowest BCUT2D eigenvalue weighted by atomic mass is 10.1. The largest absolute Gasteiger partial charge is 0.359 e. The fourth-order valence-corrected chi connectivity index (χ4v) is 2.32. The maximum atomic E-state index is 12.3. The van der Waals surface area contributed by atoms with E-state index in [9.17, 15) is 4.79 Å². The maximum Gasteiger partial charge on any atom is 0.241 e. The van der Waals surface area contributed by atoms with Gasteiger partial charge < -0.3 is 20.1 Å². The molecule has 2 N–H and O–H groups in total. The molecule has 0 atom stereocenters. The zero-order chi connectivity index (χ0) is 19.6. The smallest absolute Gasteiger partial charge is 0.241 e. The Labute approximate surface area is 160 Å². The van der Waals surface area contributed by atoms with E-state index >= 15 is 0 Å². The molecule has 0 saturated heterocycles. The molecule has 146 valence electrons. The third-order valence-corrected chi connectivity index (χ3v) is 4.08. The topological polar surface area (TPSA) is 95.7 Å². The van der Waals surface area contributed by atoms with Gasteiger partial charge in [-0.15, -0.1) is 0 Å². The molecule has 0 aromatic carbocycles. The number of hydrogen-bond acceptors (Lipinski definition) is 5. The first-order valence-electron chi connectivity index (χ1n) is 9.03. The highest BCUT2D eigenvalue weighted by atomic mass is 16.5. The van der Waals surface area contributed by atoms with Gasteiger partial charge in [0.15, 0.2) is 11.7 Å². The van der Waals surface area contributed by atoms with Crippen LogP contribution in [-0.2, 0) is 17.8 Å². The lowest BCUT2D eigenvalue weighted by Crippen LogP contribution is -2.43. The van der Waals surface area contributed by atoms with Crippen molar-refractivity contribution in [3.8, 4) is 0 Å². The van der Waals surface area contributed by atoms with Crippen molar-refractivity contribution in [1.29, 1.82) is 0 Å². The third kappa shape index (κ3) is 6.73. The first-order chi connectivity index (χ1) is 13.0. The first kappa shape index (κ1) is 20.4. The van der Waals surface area contributed by atoms with Crippen molar-refractivity contribution in [3.05, 3.63) is 47.6 Å². The molecule has 2 aromatic rings. The number of aromatic nitrogens is 2. The summed E-state index contributed by atoms with van der Waals surface area (Å²) >= 11 is 0. The number of pyridine rings is 1. The van der Waals surface area contributed by atoms with E-state index in [-0.39, 0.29) is 12.5 Å². The highest BCUT2D eigenvalue weighted by Crippen LogP contribution is 2.13. The van der Waals surface area contributed by atoms with Crippen molar-refractivity contribution in [2.24, 2.45) is 4.99 Å². The van der Waals surface area contributed by atoms with Crippen molar-refractivity contribution < 1.29 is 9.32 Å². The van der Waals surface area contributed by atoms with E-state index in [1.807, 2.05) is 24.3 Å². The van der Waals surface area contributed by atoms with Gasteiger partial charge in [0.1, 0.15) is 0 Å². The van der Waals surface area contributed by atoms with Gasteiger partial charge in [-0.3, -0.25) is 14.8 Å². The SMILES string of the molecule is CN=C(NCC(=O)N(C)CCc1ccccn1)NCc1cc(C(C)C)no1. The number of hydrogen-bond donors (Lipinski definition) is 2. The Bertz CT molecular complexity index is 742. The van der Waals surface area contributed by atoms with E-state index in [1.165, 1.54) is 0 Å². The Hall–Kier alpha value is -2.90. The second-order valence-electron chi connectivity index (χ2n) is 6.54. The minimum Gasteiger partial charge on any atom is -0.359 e. The fourth-order valence-electron chi connectivity index (χ4n) is 2.32. The summed E-state index contributed by atoms with van der Waals surface area (Å²) in [6.45, 7) is 5.34. The molecule has 0 aliphatic rings. The molecule has 0 spiro atoms. The van der Waals surface area contributed by atoms with Crippen LogP contribution in [0.2, 0.25) is 0 Å². The van der Waals surface area contributed by atoms with Gasteiger partial charge in [-0.25, -0.2) is 0 Å². The molecule has 0 fully saturated rings. The van der Waals surface area contributed by atoms with Crippen LogP contribution in [0.1, 0.15) is 36.9 Å². The molecule has 0 aliphatic heterocycles. The summed E-state index contributed by atoms with van der Waals surface area (Å²) in [6, 6.07) is 7.70. The van der Waals surface area contributed by atoms with Crippen LogP contribution in [0.15, 0.2) is 40.0 Å². The predicted octanol–water partition coefficient (Wildman–Crippen LogP) is 1.56. The molecule has 2 heterocycles. The lowest BCUT2D eigenvalue weighted by Gasteiger charge is -2.18. The van der Waals surface area contributed by atoms with Crippen LogP contribution in [-0.4, -0.2) is 54.1 Å². The van der Waals surface area contributed by atoms with Gasteiger partial charge in [-0.2, -0.15) is 0 Å². The van der Waals surface area contributed by atoms with Crippen LogP contribution in [0, 0.1) is 0 Å². The van der Waals surface area contributed by atoms with Crippen LogP contribution in [0.5, 0.6) is 0 Å². The van der Waals surface area contributed by atoms with E-state index in [0.717, 1.165) is 23.6 Å². The molecule has 0 aliphatic carbocycles. The molecule has 1 amide bonds. The van der Waals surface area contributed by atoms with Gasteiger partial charge in [0.2, 0.25) is 5.91 Å². The number of amides is 1. The summed E-state index contributed by atoms with van der Waals surface area (Å²) in [4.78, 5) is 22.3. The summed E-state index contributed by atoms with van der Waals surface area (Å²) < 4.78 is 5.28. The number of nitrogens with one attached hydrogen (secondary N) is 2. The van der Waals surface area contributed by atoms with E-state index in [2.05, 4.69) is 39.6 Å². The van der Waals surface area contributed by atoms with Gasteiger partial charge in [0.25, 0.3) is 0 Å². The Morgan fingerprint density at radius 2 is 2.15 bits per heavy atom. The fraction of sp³-hybridized carbons (Fsp3) is 0.474. The number of carbonyl (C=O) groups excluding carboxylic acids is 1. The van der Waals surface area contributed by atoms with Gasteiger partial charge in [-0.05, 0) is 18.1 Å². The van der Waals surface area contributed by atoms with Gasteiger partial charge in [-0.1, -0.05) is 25.1 Å². The second-order valence-corrected chi connectivity index (χ2v) is 6.54. The molecule has 0 bridgehead atoms. The summed E-state index contributed by atoms with van der Waals surface area (Å²) in [5, 5.41) is 10.2.